The van der Waals surface area contributed by atoms with Gasteiger partial charge in [-0.25, -0.2) is 9.69 Å². The number of amides is 2. The summed E-state index contributed by atoms with van der Waals surface area (Å²) in [6, 6.07) is 21.2. The Morgan fingerprint density at radius 1 is 0.973 bits per heavy atom. The highest BCUT2D eigenvalue weighted by atomic mass is 35.5. The molecule has 0 saturated heterocycles. The van der Waals surface area contributed by atoms with Gasteiger partial charge in [-0.05, 0) is 78.4 Å². The number of ether oxygens (including phenoxy) is 1. The van der Waals surface area contributed by atoms with E-state index in [2.05, 4.69) is 26.1 Å². The van der Waals surface area contributed by atoms with Crippen LogP contribution in [-0.2, 0) is 16.0 Å². The predicted molar refractivity (Wildman–Crippen MR) is 146 cm³/mol. The maximum absolute atomic E-state index is 13.1. The molecule has 0 spiro atoms. The summed E-state index contributed by atoms with van der Waals surface area (Å²) in [5.74, 6) is -0.824. The maximum atomic E-state index is 13.1. The summed E-state index contributed by atoms with van der Waals surface area (Å²) in [4.78, 5) is 39.5. The van der Waals surface area contributed by atoms with E-state index in [-0.39, 0.29) is 10.7 Å². The smallest absolute Gasteiger partial charge is 0.343 e. The lowest BCUT2D eigenvalue weighted by atomic mass is 10.0. The van der Waals surface area contributed by atoms with Crippen molar-refractivity contribution in [2.24, 2.45) is 0 Å². The van der Waals surface area contributed by atoms with Crippen molar-refractivity contribution in [1.29, 1.82) is 0 Å². The van der Waals surface area contributed by atoms with Crippen molar-refractivity contribution in [3.05, 3.63) is 100 Å². The molecule has 4 rings (SSSR count). The van der Waals surface area contributed by atoms with Gasteiger partial charge in [0.2, 0.25) is 0 Å². The Balaban J connectivity index is 1.43. The number of hydrogen-bond donors (Lipinski definition) is 1. The molecule has 6 nitrogen and oxygen atoms in total. The Morgan fingerprint density at radius 2 is 1.68 bits per heavy atom. The van der Waals surface area contributed by atoms with E-state index in [0.717, 1.165) is 35.3 Å². The van der Waals surface area contributed by atoms with Gasteiger partial charge in [-0.1, -0.05) is 63.1 Å². The number of carbonyl (C=O) groups is 3. The van der Waals surface area contributed by atoms with E-state index in [1.54, 1.807) is 42.5 Å². The summed E-state index contributed by atoms with van der Waals surface area (Å²) < 4.78 is 5.51. The number of imide groups is 1. The maximum Gasteiger partial charge on any atom is 0.343 e. The van der Waals surface area contributed by atoms with Crippen molar-refractivity contribution >= 4 is 40.8 Å². The molecule has 37 heavy (non-hydrogen) atoms. The summed E-state index contributed by atoms with van der Waals surface area (Å²) in [5, 5.41) is 2.74. The van der Waals surface area contributed by atoms with E-state index in [4.69, 9.17) is 16.3 Å². The second-order valence-electron chi connectivity index (χ2n) is 9.22. The Morgan fingerprint density at radius 3 is 2.32 bits per heavy atom. The molecule has 0 aromatic heterocycles. The van der Waals surface area contributed by atoms with Crippen LogP contribution in [0.5, 0.6) is 5.75 Å². The molecule has 190 valence electrons. The van der Waals surface area contributed by atoms with E-state index in [1.165, 1.54) is 0 Å². The largest absolute Gasteiger partial charge is 0.423 e. The second-order valence-corrected chi connectivity index (χ2v) is 9.60. The van der Waals surface area contributed by atoms with Gasteiger partial charge in [-0.3, -0.25) is 9.59 Å². The third kappa shape index (κ3) is 5.92. The molecular weight excluding hydrogens is 488 g/mol. The van der Waals surface area contributed by atoms with Gasteiger partial charge >= 0.3 is 5.97 Å². The van der Waals surface area contributed by atoms with E-state index in [9.17, 15) is 14.4 Å². The van der Waals surface area contributed by atoms with Crippen LogP contribution < -0.4 is 15.0 Å². The lowest BCUT2D eigenvalue weighted by Crippen LogP contribution is -2.32. The Bertz CT molecular complexity index is 1340. The molecule has 1 aliphatic heterocycles. The molecule has 1 heterocycles. The molecule has 0 radical (unpaired) electrons. The van der Waals surface area contributed by atoms with Crippen LogP contribution in [0.15, 0.2) is 83.5 Å². The minimum atomic E-state index is -0.584. The Labute approximate surface area is 221 Å². The second kappa shape index (κ2) is 11.4. The molecule has 0 atom stereocenters. The Hall–Kier alpha value is -3.90. The summed E-state index contributed by atoms with van der Waals surface area (Å²) in [7, 11) is 0. The van der Waals surface area contributed by atoms with Crippen molar-refractivity contribution in [1.82, 2.24) is 0 Å². The SMILES string of the molecule is CCCCc1ccc(N2C(=O)C(Cl)=C(Nc3ccc(C(=O)Oc4cccc(C(C)C)c4)cc3)C2=O)cc1. The molecule has 1 aliphatic rings. The molecule has 0 aliphatic carbocycles. The molecular formula is C30H29ClN2O4. The average Bonchev–Trinajstić information content (AvgIpc) is 3.11. The van der Waals surface area contributed by atoms with Gasteiger partial charge in [0.25, 0.3) is 11.8 Å². The highest BCUT2D eigenvalue weighted by Crippen LogP contribution is 2.30. The highest BCUT2D eigenvalue weighted by molar-refractivity contribution is 6.53. The fourth-order valence-electron chi connectivity index (χ4n) is 3.98. The fraction of sp³-hybridized carbons (Fsp3) is 0.233. The summed E-state index contributed by atoms with van der Waals surface area (Å²) in [5.41, 5.74) is 3.52. The number of hydrogen-bond acceptors (Lipinski definition) is 5. The third-order valence-corrected chi connectivity index (χ3v) is 6.52. The third-order valence-electron chi connectivity index (χ3n) is 6.17. The number of aryl methyl sites for hydroxylation is 1. The van der Waals surface area contributed by atoms with Crippen molar-refractivity contribution < 1.29 is 19.1 Å². The molecule has 0 bridgehead atoms. The normalized spacial score (nSPS) is 13.5. The number of nitrogens with zero attached hydrogens (tertiary/aromatic N) is 1. The van der Waals surface area contributed by atoms with Crippen molar-refractivity contribution in [3.63, 3.8) is 0 Å². The number of benzene rings is 3. The molecule has 1 N–H and O–H groups in total. The quantitative estimate of drug-likeness (QED) is 0.192. The molecule has 0 saturated carbocycles. The highest BCUT2D eigenvalue weighted by Gasteiger charge is 2.38. The van der Waals surface area contributed by atoms with Crippen LogP contribution in [0, 0.1) is 0 Å². The summed E-state index contributed by atoms with van der Waals surface area (Å²) in [6.45, 7) is 6.27. The van der Waals surface area contributed by atoms with Crippen LogP contribution in [0.2, 0.25) is 0 Å². The number of carbonyl (C=O) groups excluding carboxylic acids is 3. The van der Waals surface area contributed by atoms with Crippen molar-refractivity contribution in [3.8, 4) is 5.75 Å². The van der Waals surface area contributed by atoms with Crippen LogP contribution in [0.25, 0.3) is 0 Å². The average molecular weight is 517 g/mol. The van der Waals surface area contributed by atoms with Crippen molar-refractivity contribution in [2.75, 3.05) is 10.2 Å². The summed E-state index contributed by atoms with van der Waals surface area (Å²) in [6.07, 6.45) is 3.11. The lowest BCUT2D eigenvalue weighted by molar-refractivity contribution is -0.120. The lowest BCUT2D eigenvalue weighted by Gasteiger charge is -2.15. The van der Waals surface area contributed by atoms with Crippen LogP contribution in [0.4, 0.5) is 11.4 Å². The van der Waals surface area contributed by atoms with Gasteiger partial charge in [-0.15, -0.1) is 0 Å². The Kier molecular flexibility index (Phi) is 8.09. The minimum Gasteiger partial charge on any atom is -0.423 e. The number of anilines is 2. The first-order valence-electron chi connectivity index (χ1n) is 12.3. The van der Waals surface area contributed by atoms with E-state index < -0.39 is 17.8 Å². The molecule has 0 unspecified atom stereocenters. The minimum absolute atomic E-state index is 0.0115. The zero-order valence-corrected chi connectivity index (χ0v) is 21.8. The van der Waals surface area contributed by atoms with Gasteiger partial charge in [0.05, 0.1) is 11.3 Å². The van der Waals surface area contributed by atoms with E-state index in [1.807, 2.05) is 30.3 Å². The fourth-order valence-corrected chi connectivity index (χ4v) is 4.19. The van der Waals surface area contributed by atoms with Gasteiger partial charge in [-0.2, -0.15) is 0 Å². The topological polar surface area (TPSA) is 75.7 Å². The number of nitrogens with one attached hydrogen (secondary N) is 1. The van der Waals surface area contributed by atoms with Crippen molar-refractivity contribution in [2.45, 2.75) is 46.0 Å². The van der Waals surface area contributed by atoms with Gasteiger partial charge in [0, 0.05) is 5.69 Å². The van der Waals surface area contributed by atoms with E-state index >= 15 is 0 Å². The number of esters is 1. The number of rotatable bonds is 9. The molecule has 3 aromatic rings. The van der Waals surface area contributed by atoms with Crippen LogP contribution >= 0.6 is 11.6 Å². The van der Waals surface area contributed by atoms with Gasteiger partial charge in [0.1, 0.15) is 16.5 Å². The predicted octanol–water partition coefficient (Wildman–Crippen LogP) is 6.81. The molecule has 3 aromatic carbocycles. The molecule has 2 amide bonds. The number of halogens is 1. The van der Waals surface area contributed by atoms with Gasteiger partial charge in [0.15, 0.2) is 0 Å². The molecule has 0 fully saturated rings. The number of unbranched alkanes of at least 4 members (excludes halogenated alkanes) is 1. The monoisotopic (exact) mass is 516 g/mol. The van der Waals surface area contributed by atoms with E-state index in [0.29, 0.717) is 28.6 Å². The van der Waals surface area contributed by atoms with Crippen LogP contribution in [0.1, 0.15) is 61.0 Å². The van der Waals surface area contributed by atoms with Gasteiger partial charge < -0.3 is 10.1 Å². The zero-order valence-electron chi connectivity index (χ0n) is 21.1. The zero-order chi connectivity index (χ0) is 26.5. The van der Waals surface area contributed by atoms with Crippen LogP contribution in [-0.4, -0.2) is 17.8 Å². The standard InChI is InChI=1S/C30H29ClN2O4/c1-4-5-7-20-10-16-24(17-11-20)33-28(34)26(31)27(29(33)35)32-23-14-12-21(13-15-23)30(36)37-25-9-6-8-22(18-25)19(2)3/h6,8-19,32H,4-5,7H2,1-3H3. The first-order chi connectivity index (χ1) is 17.8. The van der Waals surface area contributed by atoms with Crippen LogP contribution in [0.3, 0.4) is 0 Å². The first-order valence-corrected chi connectivity index (χ1v) is 12.7. The first kappa shape index (κ1) is 26.2. The summed E-state index contributed by atoms with van der Waals surface area (Å²) >= 11 is 6.26. The molecule has 7 heteroatoms.